The van der Waals surface area contributed by atoms with Crippen LogP contribution in [0.5, 0.6) is 5.75 Å². The standard InChI is InChI=1S/C24H24N2O4/c1-29-22-8-6-19(24(28)30-2)14-20(22)12-16-9-11-26(15-16)23(27)18-5-7-21-17(13-18)4-3-10-25-21/h3-8,10,13-14,16H,9,11-12,15H2,1-2H3. The second-order valence-corrected chi connectivity index (χ2v) is 7.54. The molecule has 0 saturated carbocycles. The number of likely N-dealkylation sites (tertiary alicyclic amines) is 1. The molecule has 0 spiro atoms. The van der Waals surface area contributed by atoms with E-state index in [1.54, 1.807) is 25.4 Å². The van der Waals surface area contributed by atoms with Crippen LogP contribution in [0.4, 0.5) is 0 Å². The Bertz CT molecular complexity index is 1100. The number of carbonyl (C=O) groups is 2. The number of nitrogens with zero attached hydrogens (tertiary/aromatic N) is 2. The molecule has 6 heteroatoms. The topological polar surface area (TPSA) is 68.7 Å². The molecule has 30 heavy (non-hydrogen) atoms. The van der Waals surface area contributed by atoms with Crippen LogP contribution in [0.2, 0.25) is 0 Å². The maximum absolute atomic E-state index is 13.0. The van der Waals surface area contributed by atoms with E-state index in [1.807, 2.05) is 41.3 Å². The van der Waals surface area contributed by atoms with Gasteiger partial charge in [0.2, 0.25) is 0 Å². The van der Waals surface area contributed by atoms with Crippen molar-refractivity contribution >= 4 is 22.8 Å². The number of rotatable bonds is 5. The number of benzene rings is 2. The van der Waals surface area contributed by atoms with E-state index in [0.29, 0.717) is 30.1 Å². The minimum Gasteiger partial charge on any atom is -0.496 e. The predicted molar refractivity (Wildman–Crippen MR) is 114 cm³/mol. The lowest BCUT2D eigenvalue weighted by Gasteiger charge is -2.18. The molecular formula is C24H24N2O4. The van der Waals surface area contributed by atoms with Crippen LogP contribution in [-0.4, -0.2) is 49.1 Å². The van der Waals surface area contributed by atoms with E-state index >= 15 is 0 Å². The lowest BCUT2D eigenvalue weighted by molar-refractivity contribution is 0.0600. The molecule has 1 saturated heterocycles. The van der Waals surface area contributed by atoms with Crippen LogP contribution in [0.3, 0.4) is 0 Å². The summed E-state index contributed by atoms with van der Waals surface area (Å²) in [5.41, 5.74) is 3.02. The minimum atomic E-state index is -0.368. The van der Waals surface area contributed by atoms with Crippen LogP contribution in [0.25, 0.3) is 10.9 Å². The van der Waals surface area contributed by atoms with Crippen molar-refractivity contribution in [3.05, 3.63) is 71.4 Å². The average Bonchev–Trinajstić information content (AvgIpc) is 3.26. The molecule has 1 fully saturated rings. The monoisotopic (exact) mass is 404 g/mol. The molecule has 0 radical (unpaired) electrons. The first-order valence-corrected chi connectivity index (χ1v) is 9.98. The van der Waals surface area contributed by atoms with Gasteiger partial charge >= 0.3 is 5.97 Å². The highest BCUT2D eigenvalue weighted by Gasteiger charge is 2.28. The first-order chi connectivity index (χ1) is 14.6. The zero-order valence-corrected chi connectivity index (χ0v) is 17.1. The number of methoxy groups -OCH3 is 2. The SMILES string of the molecule is COC(=O)c1ccc(OC)c(CC2CCN(C(=O)c3ccc4ncccc4c3)C2)c1. The maximum Gasteiger partial charge on any atom is 0.337 e. The fraction of sp³-hybridized carbons (Fsp3) is 0.292. The third-order valence-corrected chi connectivity index (χ3v) is 5.63. The summed E-state index contributed by atoms with van der Waals surface area (Å²) in [5, 5.41) is 0.962. The molecule has 1 unspecified atom stereocenters. The lowest BCUT2D eigenvalue weighted by atomic mass is 9.96. The van der Waals surface area contributed by atoms with Gasteiger partial charge < -0.3 is 14.4 Å². The average molecular weight is 404 g/mol. The molecule has 2 aromatic carbocycles. The van der Waals surface area contributed by atoms with E-state index in [9.17, 15) is 9.59 Å². The molecule has 0 aliphatic carbocycles. The minimum absolute atomic E-state index is 0.0403. The van der Waals surface area contributed by atoms with Crippen molar-refractivity contribution < 1.29 is 19.1 Å². The van der Waals surface area contributed by atoms with E-state index in [0.717, 1.165) is 35.1 Å². The Balaban J connectivity index is 1.47. The number of pyridine rings is 1. The zero-order chi connectivity index (χ0) is 21.1. The number of aromatic nitrogens is 1. The third kappa shape index (κ3) is 3.99. The predicted octanol–water partition coefficient (Wildman–Crippen LogP) is 3.73. The largest absolute Gasteiger partial charge is 0.496 e. The zero-order valence-electron chi connectivity index (χ0n) is 17.1. The van der Waals surface area contributed by atoms with Crippen LogP contribution in [0, 0.1) is 5.92 Å². The molecule has 154 valence electrons. The Morgan fingerprint density at radius 2 is 1.93 bits per heavy atom. The summed E-state index contributed by atoms with van der Waals surface area (Å²) < 4.78 is 10.3. The van der Waals surface area contributed by atoms with E-state index in [-0.39, 0.29) is 11.9 Å². The second-order valence-electron chi connectivity index (χ2n) is 7.54. The summed E-state index contributed by atoms with van der Waals surface area (Å²) in [7, 11) is 2.99. The van der Waals surface area contributed by atoms with E-state index < -0.39 is 0 Å². The van der Waals surface area contributed by atoms with Crippen molar-refractivity contribution in [2.24, 2.45) is 5.92 Å². The fourth-order valence-electron chi connectivity index (χ4n) is 4.07. The van der Waals surface area contributed by atoms with E-state index in [1.165, 1.54) is 7.11 Å². The second kappa shape index (κ2) is 8.53. The third-order valence-electron chi connectivity index (χ3n) is 5.63. The van der Waals surface area contributed by atoms with Gasteiger partial charge in [-0.05, 0) is 66.8 Å². The molecule has 3 aromatic rings. The van der Waals surface area contributed by atoms with Crippen LogP contribution in [0.1, 0.15) is 32.7 Å². The first-order valence-electron chi connectivity index (χ1n) is 9.98. The van der Waals surface area contributed by atoms with Crippen LogP contribution in [-0.2, 0) is 11.2 Å². The molecule has 4 rings (SSSR count). The van der Waals surface area contributed by atoms with Gasteiger partial charge in [0, 0.05) is 30.2 Å². The van der Waals surface area contributed by atoms with Crippen molar-refractivity contribution in [2.75, 3.05) is 27.3 Å². The highest BCUT2D eigenvalue weighted by Crippen LogP contribution is 2.28. The summed E-state index contributed by atoms with van der Waals surface area (Å²) in [4.78, 5) is 31.1. The summed E-state index contributed by atoms with van der Waals surface area (Å²) in [6.07, 6.45) is 3.39. The van der Waals surface area contributed by atoms with Gasteiger partial charge in [0.1, 0.15) is 5.75 Å². The van der Waals surface area contributed by atoms with Crippen molar-refractivity contribution in [3.8, 4) is 5.75 Å². The first kappa shape index (κ1) is 19.9. The molecule has 1 amide bonds. The number of esters is 1. The molecule has 2 heterocycles. The van der Waals surface area contributed by atoms with Crippen molar-refractivity contribution in [3.63, 3.8) is 0 Å². The Labute approximate surface area is 175 Å². The number of fused-ring (bicyclic) bond motifs is 1. The van der Waals surface area contributed by atoms with Crippen molar-refractivity contribution in [1.82, 2.24) is 9.88 Å². The molecule has 0 N–H and O–H groups in total. The summed E-state index contributed by atoms with van der Waals surface area (Å²) >= 11 is 0. The summed E-state index contributed by atoms with van der Waals surface area (Å²) in [6.45, 7) is 1.39. The van der Waals surface area contributed by atoms with Gasteiger partial charge in [-0.2, -0.15) is 0 Å². The Morgan fingerprint density at radius 1 is 1.10 bits per heavy atom. The maximum atomic E-state index is 13.0. The summed E-state index contributed by atoms with van der Waals surface area (Å²) in [5.74, 6) is 0.721. The van der Waals surface area contributed by atoms with E-state index in [4.69, 9.17) is 9.47 Å². The van der Waals surface area contributed by atoms with Crippen LogP contribution >= 0.6 is 0 Å². The van der Waals surface area contributed by atoms with Gasteiger partial charge in [-0.15, -0.1) is 0 Å². The molecule has 1 aliphatic heterocycles. The van der Waals surface area contributed by atoms with Gasteiger partial charge in [-0.25, -0.2) is 4.79 Å². The Morgan fingerprint density at radius 3 is 2.73 bits per heavy atom. The molecule has 1 aliphatic rings. The Kier molecular flexibility index (Phi) is 5.65. The lowest BCUT2D eigenvalue weighted by Crippen LogP contribution is -2.29. The van der Waals surface area contributed by atoms with Gasteiger partial charge in [-0.1, -0.05) is 6.07 Å². The molecular weight excluding hydrogens is 380 g/mol. The number of hydrogen-bond acceptors (Lipinski definition) is 5. The molecule has 0 bridgehead atoms. The highest BCUT2D eigenvalue weighted by molar-refractivity contribution is 5.98. The number of hydrogen-bond donors (Lipinski definition) is 0. The molecule has 6 nitrogen and oxygen atoms in total. The van der Waals surface area contributed by atoms with Crippen molar-refractivity contribution in [2.45, 2.75) is 12.8 Å². The quantitative estimate of drug-likeness (QED) is 0.606. The van der Waals surface area contributed by atoms with Crippen LogP contribution < -0.4 is 4.74 Å². The van der Waals surface area contributed by atoms with Gasteiger partial charge in [0.05, 0.1) is 25.3 Å². The van der Waals surface area contributed by atoms with Crippen LogP contribution in [0.15, 0.2) is 54.7 Å². The normalized spacial score (nSPS) is 15.9. The smallest absolute Gasteiger partial charge is 0.337 e. The highest BCUT2D eigenvalue weighted by atomic mass is 16.5. The van der Waals surface area contributed by atoms with Gasteiger partial charge in [0.25, 0.3) is 5.91 Å². The number of carbonyl (C=O) groups excluding carboxylic acids is 2. The fourth-order valence-corrected chi connectivity index (χ4v) is 4.07. The van der Waals surface area contributed by atoms with E-state index in [2.05, 4.69) is 4.98 Å². The van der Waals surface area contributed by atoms with Crippen molar-refractivity contribution in [1.29, 1.82) is 0 Å². The Hall–Kier alpha value is -3.41. The van der Waals surface area contributed by atoms with Gasteiger partial charge in [0.15, 0.2) is 0 Å². The molecule has 1 atom stereocenters. The summed E-state index contributed by atoms with van der Waals surface area (Å²) in [6, 6.07) is 14.8. The van der Waals surface area contributed by atoms with Gasteiger partial charge in [-0.3, -0.25) is 9.78 Å². The number of ether oxygens (including phenoxy) is 2. The molecule has 1 aromatic heterocycles. The number of amides is 1.